The molecule has 0 bridgehead atoms. The zero-order chi connectivity index (χ0) is 17.2. The number of rotatable bonds is 5. The molecule has 0 fully saturated rings. The number of carboxylic acid groups (broad SMARTS) is 1. The molecule has 1 N–H and O–H groups in total. The summed E-state index contributed by atoms with van der Waals surface area (Å²) in [6.07, 6.45) is 0.260. The number of benzene rings is 1. The highest BCUT2D eigenvalue weighted by molar-refractivity contribution is 6.03. The number of nitrogens with zero attached hydrogens (tertiary/aromatic N) is 1. The van der Waals surface area contributed by atoms with Crippen molar-refractivity contribution < 1.29 is 29.0 Å². The van der Waals surface area contributed by atoms with E-state index in [1.807, 2.05) is 0 Å². The molecular formula is C16H19NO6. The Morgan fingerprint density at radius 3 is 2.65 bits per heavy atom. The largest absolute Gasteiger partial charge is 0.481 e. The number of methoxy groups -OCH3 is 1. The van der Waals surface area contributed by atoms with E-state index in [0.717, 1.165) is 0 Å². The van der Waals surface area contributed by atoms with Crippen LogP contribution in [-0.4, -0.2) is 42.2 Å². The Balaban J connectivity index is 2.37. The van der Waals surface area contributed by atoms with Gasteiger partial charge in [0.05, 0.1) is 18.4 Å². The number of anilines is 1. The molecule has 2 rings (SSSR count). The summed E-state index contributed by atoms with van der Waals surface area (Å²) < 4.78 is 10.4. The van der Waals surface area contributed by atoms with Crippen molar-refractivity contribution in [1.29, 1.82) is 0 Å². The van der Waals surface area contributed by atoms with Gasteiger partial charge in [0, 0.05) is 13.0 Å². The van der Waals surface area contributed by atoms with Crippen LogP contribution in [0.3, 0.4) is 0 Å². The van der Waals surface area contributed by atoms with Crippen LogP contribution in [0, 0.1) is 0 Å². The van der Waals surface area contributed by atoms with Crippen LogP contribution in [0.25, 0.3) is 0 Å². The minimum absolute atomic E-state index is 0.0446. The van der Waals surface area contributed by atoms with Crippen molar-refractivity contribution in [1.82, 2.24) is 0 Å². The quantitative estimate of drug-likeness (QED) is 0.832. The number of carboxylic acids is 1. The van der Waals surface area contributed by atoms with E-state index in [1.165, 1.54) is 18.1 Å². The second kappa shape index (κ2) is 6.28. The maximum Gasteiger partial charge on any atom is 0.337 e. The first-order chi connectivity index (χ1) is 10.8. The first-order valence-electron chi connectivity index (χ1n) is 7.21. The van der Waals surface area contributed by atoms with Crippen LogP contribution in [0.2, 0.25) is 0 Å². The van der Waals surface area contributed by atoms with Crippen LogP contribution in [0.15, 0.2) is 18.2 Å². The second-order valence-corrected chi connectivity index (χ2v) is 5.74. The Kier molecular flexibility index (Phi) is 4.58. The summed E-state index contributed by atoms with van der Waals surface area (Å²) in [4.78, 5) is 36.4. The highest BCUT2D eigenvalue weighted by Crippen LogP contribution is 2.38. The van der Waals surface area contributed by atoms with Gasteiger partial charge in [0.15, 0.2) is 5.60 Å². The molecule has 1 aliphatic rings. The molecule has 0 unspecified atom stereocenters. The summed E-state index contributed by atoms with van der Waals surface area (Å²) in [6.45, 7) is 3.53. The molecule has 1 aliphatic heterocycles. The van der Waals surface area contributed by atoms with E-state index in [2.05, 4.69) is 4.74 Å². The zero-order valence-electron chi connectivity index (χ0n) is 13.3. The highest BCUT2D eigenvalue weighted by atomic mass is 16.5. The summed E-state index contributed by atoms with van der Waals surface area (Å²) in [5.74, 6) is -1.25. The van der Waals surface area contributed by atoms with Crippen LogP contribution in [0.1, 0.15) is 37.0 Å². The fraction of sp³-hybridized carbons (Fsp3) is 0.438. The van der Waals surface area contributed by atoms with Crippen LogP contribution < -0.4 is 9.64 Å². The SMILES string of the molecule is COC(=O)c1ccc2c(c1)N(CCCC(=O)O)C(=O)C(C)(C)O2. The van der Waals surface area contributed by atoms with E-state index < -0.39 is 17.5 Å². The molecule has 0 aliphatic carbocycles. The molecule has 1 aromatic rings. The molecule has 0 atom stereocenters. The van der Waals surface area contributed by atoms with E-state index in [-0.39, 0.29) is 18.9 Å². The predicted octanol–water partition coefficient (Wildman–Crippen LogP) is 1.84. The first kappa shape index (κ1) is 16.8. The molecule has 7 nitrogen and oxygen atoms in total. The number of fused-ring (bicyclic) bond motifs is 1. The number of esters is 1. The van der Waals surface area contributed by atoms with Crippen molar-refractivity contribution in [2.24, 2.45) is 0 Å². The van der Waals surface area contributed by atoms with Crippen molar-refractivity contribution in [2.75, 3.05) is 18.6 Å². The average Bonchev–Trinajstić information content (AvgIpc) is 2.49. The molecule has 1 heterocycles. The third-order valence-corrected chi connectivity index (χ3v) is 3.57. The number of hydrogen-bond donors (Lipinski definition) is 1. The number of amides is 1. The van der Waals surface area contributed by atoms with E-state index in [1.54, 1.807) is 26.0 Å². The Labute approximate surface area is 133 Å². The Bertz CT molecular complexity index is 652. The van der Waals surface area contributed by atoms with E-state index >= 15 is 0 Å². The van der Waals surface area contributed by atoms with Crippen LogP contribution in [0.4, 0.5) is 5.69 Å². The van der Waals surface area contributed by atoms with Gasteiger partial charge in [-0.2, -0.15) is 0 Å². The fourth-order valence-corrected chi connectivity index (χ4v) is 2.42. The smallest absolute Gasteiger partial charge is 0.337 e. The lowest BCUT2D eigenvalue weighted by Gasteiger charge is -2.39. The summed E-state index contributed by atoms with van der Waals surface area (Å²) >= 11 is 0. The van der Waals surface area contributed by atoms with Crippen molar-refractivity contribution >= 4 is 23.5 Å². The van der Waals surface area contributed by atoms with Gasteiger partial charge in [-0.1, -0.05) is 0 Å². The summed E-state index contributed by atoms with van der Waals surface area (Å²) in [5.41, 5.74) is -0.309. The fourth-order valence-electron chi connectivity index (χ4n) is 2.42. The zero-order valence-corrected chi connectivity index (χ0v) is 13.3. The molecule has 0 spiro atoms. The van der Waals surface area contributed by atoms with Gasteiger partial charge < -0.3 is 19.5 Å². The molecule has 0 saturated heterocycles. The molecule has 0 saturated carbocycles. The summed E-state index contributed by atoms with van der Waals surface area (Å²) in [6, 6.07) is 4.70. The molecular weight excluding hydrogens is 302 g/mol. The molecule has 124 valence electrons. The van der Waals surface area contributed by atoms with E-state index in [9.17, 15) is 14.4 Å². The molecule has 7 heteroatoms. The second-order valence-electron chi connectivity index (χ2n) is 5.74. The topological polar surface area (TPSA) is 93.1 Å². The average molecular weight is 321 g/mol. The van der Waals surface area contributed by atoms with Gasteiger partial charge in [-0.25, -0.2) is 4.79 Å². The Hall–Kier alpha value is -2.57. The predicted molar refractivity (Wildman–Crippen MR) is 81.7 cm³/mol. The third-order valence-electron chi connectivity index (χ3n) is 3.57. The molecule has 1 amide bonds. The van der Waals surface area contributed by atoms with Gasteiger partial charge in [0.2, 0.25) is 0 Å². The van der Waals surface area contributed by atoms with Gasteiger partial charge in [0.1, 0.15) is 5.75 Å². The lowest BCUT2D eigenvalue weighted by Crippen LogP contribution is -2.52. The standard InChI is InChI=1S/C16H19NO6/c1-16(2)15(21)17(8-4-5-13(18)19)11-9-10(14(20)22-3)6-7-12(11)23-16/h6-7,9H,4-5,8H2,1-3H3,(H,18,19). The lowest BCUT2D eigenvalue weighted by atomic mass is 10.0. The van der Waals surface area contributed by atoms with Crippen molar-refractivity contribution in [3.05, 3.63) is 23.8 Å². The van der Waals surface area contributed by atoms with Crippen molar-refractivity contribution in [3.8, 4) is 5.75 Å². The van der Waals surface area contributed by atoms with Gasteiger partial charge >= 0.3 is 11.9 Å². The third kappa shape index (κ3) is 3.44. The molecule has 0 radical (unpaired) electrons. The number of carbonyl (C=O) groups excluding carboxylic acids is 2. The maximum absolute atomic E-state index is 12.6. The number of ether oxygens (including phenoxy) is 2. The number of carbonyl (C=O) groups is 3. The normalized spacial score (nSPS) is 15.6. The van der Waals surface area contributed by atoms with Gasteiger partial charge in [-0.15, -0.1) is 0 Å². The molecule has 0 aromatic heterocycles. The first-order valence-corrected chi connectivity index (χ1v) is 7.21. The summed E-state index contributed by atoms with van der Waals surface area (Å²) in [5, 5.41) is 8.77. The Morgan fingerprint density at radius 2 is 2.04 bits per heavy atom. The van der Waals surface area contributed by atoms with Crippen LogP contribution in [-0.2, 0) is 14.3 Å². The minimum Gasteiger partial charge on any atom is -0.481 e. The monoisotopic (exact) mass is 321 g/mol. The lowest BCUT2D eigenvalue weighted by molar-refractivity contribution is -0.137. The van der Waals surface area contributed by atoms with Crippen molar-refractivity contribution in [2.45, 2.75) is 32.3 Å². The van der Waals surface area contributed by atoms with Gasteiger partial charge in [-0.3, -0.25) is 9.59 Å². The summed E-state index contributed by atoms with van der Waals surface area (Å²) in [7, 11) is 1.27. The van der Waals surface area contributed by atoms with Crippen molar-refractivity contribution in [3.63, 3.8) is 0 Å². The molecule has 23 heavy (non-hydrogen) atoms. The maximum atomic E-state index is 12.6. The van der Waals surface area contributed by atoms with E-state index in [4.69, 9.17) is 9.84 Å². The Morgan fingerprint density at radius 1 is 1.35 bits per heavy atom. The van der Waals surface area contributed by atoms with Crippen LogP contribution in [0.5, 0.6) is 5.75 Å². The highest BCUT2D eigenvalue weighted by Gasteiger charge is 2.40. The number of aliphatic carboxylic acids is 1. The van der Waals surface area contributed by atoms with Gasteiger partial charge in [0.25, 0.3) is 5.91 Å². The van der Waals surface area contributed by atoms with Crippen LogP contribution >= 0.6 is 0 Å². The number of hydrogen-bond acceptors (Lipinski definition) is 5. The minimum atomic E-state index is -1.05. The molecule has 1 aromatic carbocycles. The van der Waals surface area contributed by atoms with Gasteiger partial charge in [-0.05, 0) is 38.5 Å². The van der Waals surface area contributed by atoms with E-state index in [0.29, 0.717) is 23.4 Å².